The van der Waals surface area contributed by atoms with Gasteiger partial charge in [0.05, 0.1) is 12.2 Å². The monoisotopic (exact) mass is 269 g/mol. The molecule has 0 bridgehead atoms. The summed E-state index contributed by atoms with van der Waals surface area (Å²) in [6, 6.07) is 1.69. The van der Waals surface area contributed by atoms with Gasteiger partial charge in [-0.15, -0.1) is 11.3 Å². The first-order valence-corrected chi connectivity index (χ1v) is 6.75. The molecule has 5 nitrogen and oxygen atoms in total. The van der Waals surface area contributed by atoms with E-state index in [-0.39, 0.29) is 18.4 Å². The smallest absolute Gasteiger partial charge is 0.266 e. The molecular formula is C12H19N3O2S. The van der Waals surface area contributed by atoms with E-state index in [4.69, 9.17) is 5.73 Å². The minimum Gasteiger partial charge on any atom is -0.397 e. The number of hydrogen-bond donors (Lipinski definition) is 1. The van der Waals surface area contributed by atoms with Crippen LogP contribution in [0.5, 0.6) is 0 Å². The minimum atomic E-state index is -0.206. The molecule has 6 heteroatoms. The zero-order valence-electron chi connectivity index (χ0n) is 11.0. The molecule has 2 N–H and O–H groups in total. The standard InChI is InChI=1S/C12H19N3O2S/c1-4-15(5-2)10(16)8-14(3)12(17)11-9(13)6-7-18-11/h6-7H,4-5,8,13H2,1-3H3. The number of carbonyl (C=O) groups is 2. The molecule has 0 aliphatic rings. The second-order valence-corrected chi connectivity index (χ2v) is 4.85. The van der Waals surface area contributed by atoms with E-state index >= 15 is 0 Å². The van der Waals surface area contributed by atoms with Crippen LogP contribution < -0.4 is 5.73 Å². The number of rotatable bonds is 5. The molecule has 0 aliphatic heterocycles. The lowest BCUT2D eigenvalue weighted by molar-refractivity contribution is -0.131. The number of likely N-dealkylation sites (N-methyl/N-ethyl adjacent to an activating group) is 2. The van der Waals surface area contributed by atoms with Crippen molar-refractivity contribution in [3.63, 3.8) is 0 Å². The zero-order chi connectivity index (χ0) is 13.7. The Bertz CT molecular complexity index is 427. The van der Waals surface area contributed by atoms with Crippen molar-refractivity contribution in [2.45, 2.75) is 13.8 Å². The van der Waals surface area contributed by atoms with Crippen molar-refractivity contribution in [3.8, 4) is 0 Å². The number of anilines is 1. The maximum Gasteiger partial charge on any atom is 0.266 e. The minimum absolute atomic E-state index is 0.0500. The fourth-order valence-electron chi connectivity index (χ4n) is 1.62. The van der Waals surface area contributed by atoms with E-state index in [1.54, 1.807) is 23.4 Å². The van der Waals surface area contributed by atoms with Crippen molar-refractivity contribution in [3.05, 3.63) is 16.3 Å². The third-order valence-electron chi connectivity index (χ3n) is 2.73. The maximum atomic E-state index is 12.0. The molecule has 2 amide bonds. The third-order valence-corrected chi connectivity index (χ3v) is 3.64. The number of amides is 2. The molecule has 0 aromatic carbocycles. The Kier molecular flexibility index (Phi) is 5.15. The summed E-state index contributed by atoms with van der Waals surface area (Å²) in [4.78, 5) is 27.5. The van der Waals surface area contributed by atoms with E-state index in [0.29, 0.717) is 23.7 Å². The first-order chi connectivity index (χ1) is 8.51. The molecular weight excluding hydrogens is 250 g/mol. The summed E-state index contributed by atoms with van der Waals surface area (Å²) in [5, 5.41) is 1.77. The van der Waals surface area contributed by atoms with E-state index in [1.165, 1.54) is 16.2 Å². The Morgan fingerprint density at radius 2 is 1.94 bits per heavy atom. The summed E-state index contributed by atoms with van der Waals surface area (Å²) in [6.07, 6.45) is 0. The molecule has 0 radical (unpaired) electrons. The molecule has 100 valence electrons. The number of thiophene rings is 1. The lowest BCUT2D eigenvalue weighted by Gasteiger charge is -2.23. The third kappa shape index (κ3) is 3.22. The van der Waals surface area contributed by atoms with Crippen LogP contribution in [-0.4, -0.2) is 48.3 Å². The van der Waals surface area contributed by atoms with Crippen LogP contribution in [0.3, 0.4) is 0 Å². The highest BCUT2D eigenvalue weighted by Crippen LogP contribution is 2.20. The van der Waals surface area contributed by atoms with E-state index in [9.17, 15) is 9.59 Å². The quantitative estimate of drug-likeness (QED) is 0.875. The second-order valence-electron chi connectivity index (χ2n) is 3.93. The number of carbonyl (C=O) groups excluding carboxylic acids is 2. The Morgan fingerprint density at radius 1 is 1.33 bits per heavy atom. The Balaban J connectivity index is 2.66. The Labute approximate surface area is 111 Å². The van der Waals surface area contributed by atoms with Gasteiger partial charge in [0.25, 0.3) is 5.91 Å². The van der Waals surface area contributed by atoms with Gasteiger partial charge < -0.3 is 15.5 Å². The average Bonchev–Trinajstić information content (AvgIpc) is 2.76. The zero-order valence-corrected chi connectivity index (χ0v) is 11.8. The molecule has 0 fully saturated rings. The first kappa shape index (κ1) is 14.5. The summed E-state index contributed by atoms with van der Waals surface area (Å²) >= 11 is 1.29. The fourth-order valence-corrected chi connectivity index (χ4v) is 2.43. The van der Waals surface area contributed by atoms with Crippen LogP contribution in [0.1, 0.15) is 23.5 Å². The van der Waals surface area contributed by atoms with Crippen LogP contribution in [0.15, 0.2) is 11.4 Å². The molecule has 1 aromatic heterocycles. The summed E-state index contributed by atoms with van der Waals surface area (Å²) in [5.74, 6) is -0.256. The maximum absolute atomic E-state index is 12.0. The topological polar surface area (TPSA) is 66.6 Å². The highest BCUT2D eigenvalue weighted by molar-refractivity contribution is 7.12. The molecule has 0 saturated heterocycles. The van der Waals surface area contributed by atoms with Crippen molar-refractivity contribution < 1.29 is 9.59 Å². The van der Waals surface area contributed by atoms with Gasteiger partial charge in [0.1, 0.15) is 4.88 Å². The molecule has 1 rings (SSSR count). The van der Waals surface area contributed by atoms with Crippen LogP contribution in [0.25, 0.3) is 0 Å². The molecule has 18 heavy (non-hydrogen) atoms. The van der Waals surface area contributed by atoms with Gasteiger partial charge >= 0.3 is 0 Å². The van der Waals surface area contributed by atoms with Crippen LogP contribution >= 0.6 is 11.3 Å². The van der Waals surface area contributed by atoms with Gasteiger partial charge in [-0.1, -0.05) is 0 Å². The molecule has 0 aliphatic carbocycles. The number of nitrogen functional groups attached to an aromatic ring is 1. The van der Waals surface area contributed by atoms with E-state index < -0.39 is 0 Å². The predicted octanol–water partition coefficient (Wildman–Crippen LogP) is 1.27. The molecule has 0 spiro atoms. The molecule has 0 unspecified atom stereocenters. The Hall–Kier alpha value is -1.56. The van der Waals surface area contributed by atoms with Gasteiger partial charge in [-0.05, 0) is 25.3 Å². The van der Waals surface area contributed by atoms with Crippen LogP contribution in [-0.2, 0) is 4.79 Å². The summed E-state index contributed by atoms with van der Waals surface area (Å²) in [7, 11) is 1.61. The van der Waals surface area contributed by atoms with Crippen LogP contribution in [0.2, 0.25) is 0 Å². The van der Waals surface area contributed by atoms with Gasteiger partial charge in [0.2, 0.25) is 5.91 Å². The molecule has 1 heterocycles. The van der Waals surface area contributed by atoms with E-state index in [1.807, 2.05) is 13.8 Å². The number of hydrogen-bond acceptors (Lipinski definition) is 4. The second kappa shape index (κ2) is 6.39. The van der Waals surface area contributed by atoms with Crippen molar-refractivity contribution in [1.82, 2.24) is 9.80 Å². The highest BCUT2D eigenvalue weighted by Gasteiger charge is 2.20. The lowest BCUT2D eigenvalue weighted by atomic mass is 10.3. The first-order valence-electron chi connectivity index (χ1n) is 5.87. The predicted molar refractivity (Wildman–Crippen MR) is 73.6 cm³/mol. The van der Waals surface area contributed by atoms with Crippen LogP contribution in [0.4, 0.5) is 5.69 Å². The Morgan fingerprint density at radius 3 is 2.39 bits per heavy atom. The van der Waals surface area contributed by atoms with E-state index in [2.05, 4.69) is 0 Å². The largest absolute Gasteiger partial charge is 0.397 e. The number of nitrogens with zero attached hydrogens (tertiary/aromatic N) is 2. The van der Waals surface area contributed by atoms with Gasteiger partial charge in [-0.2, -0.15) is 0 Å². The lowest BCUT2D eigenvalue weighted by Crippen LogP contribution is -2.40. The normalized spacial score (nSPS) is 10.2. The van der Waals surface area contributed by atoms with Crippen LogP contribution in [0, 0.1) is 0 Å². The van der Waals surface area contributed by atoms with Gasteiger partial charge in [0, 0.05) is 20.1 Å². The summed E-state index contributed by atoms with van der Waals surface area (Å²) in [6.45, 7) is 5.22. The molecule has 0 atom stereocenters. The van der Waals surface area contributed by atoms with Crippen molar-refractivity contribution >= 4 is 28.8 Å². The summed E-state index contributed by atoms with van der Waals surface area (Å²) in [5.41, 5.74) is 6.15. The SMILES string of the molecule is CCN(CC)C(=O)CN(C)C(=O)c1sccc1N. The van der Waals surface area contributed by atoms with Gasteiger partial charge in [0.15, 0.2) is 0 Å². The van der Waals surface area contributed by atoms with E-state index in [0.717, 1.165) is 0 Å². The molecule has 1 aromatic rings. The molecule has 0 saturated carbocycles. The number of nitrogens with two attached hydrogens (primary N) is 1. The van der Waals surface area contributed by atoms with Gasteiger partial charge in [-0.25, -0.2) is 0 Å². The highest BCUT2D eigenvalue weighted by atomic mass is 32.1. The van der Waals surface area contributed by atoms with Crippen molar-refractivity contribution in [2.75, 3.05) is 32.4 Å². The fraction of sp³-hybridized carbons (Fsp3) is 0.500. The van der Waals surface area contributed by atoms with Crippen molar-refractivity contribution in [1.29, 1.82) is 0 Å². The van der Waals surface area contributed by atoms with Crippen molar-refractivity contribution in [2.24, 2.45) is 0 Å². The summed E-state index contributed by atoms with van der Waals surface area (Å²) < 4.78 is 0. The average molecular weight is 269 g/mol. The van der Waals surface area contributed by atoms with Gasteiger partial charge in [-0.3, -0.25) is 9.59 Å².